The number of rotatable bonds is 5. The number of aromatic nitrogens is 1. The number of hydrogen-bond donors (Lipinski definition) is 1. The van der Waals surface area contributed by atoms with Gasteiger partial charge in [-0.1, -0.05) is 35.5 Å². The summed E-state index contributed by atoms with van der Waals surface area (Å²) in [5.41, 5.74) is 2.47. The van der Waals surface area contributed by atoms with Crippen molar-refractivity contribution >= 4 is 11.8 Å². The van der Waals surface area contributed by atoms with E-state index in [0.29, 0.717) is 25.3 Å². The second-order valence-corrected chi connectivity index (χ2v) is 6.38. The van der Waals surface area contributed by atoms with E-state index in [1.54, 1.807) is 4.90 Å². The van der Waals surface area contributed by atoms with Crippen LogP contribution in [0.1, 0.15) is 47.9 Å². The molecule has 0 aliphatic carbocycles. The Kier molecular flexibility index (Phi) is 5.16. The van der Waals surface area contributed by atoms with E-state index < -0.39 is 6.04 Å². The highest BCUT2D eigenvalue weighted by Crippen LogP contribution is 2.26. The molecule has 0 bridgehead atoms. The van der Waals surface area contributed by atoms with Crippen LogP contribution >= 0.6 is 0 Å². The molecular formula is C19H23N3O3. The molecule has 0 saturated carbocycles. The Morgan fingerprint density at radius 3 is 2.68 bits per heavy atom. The second kappa shape index (κ2) is 7.51. The van der Waals surface area contributed by atoms with Crippen LogP contribution in [0.4, 0.5) is 0 Å². The van der Waals surface area contributed by atoms with Crippen LogP contribution in [0.15, 0.2) is 34.9 Å². The monoisotopic (exact) mass is 341 g/mol. The smallest absolute Gasteiger partial charge is 0.247 e. The lowest BCUT2D eigenvalue weighted by Gasteiger charge is -2.34. The molecule has 1 aromatic heterocycles. The van der Waals surface area contributed by atoms with Crippen molar-refractivity contribution in [2.45, 2.75) is 45.7 Å². The van der Waals surface area contributed by atoms with Gasteiger partial charge in [-0.25, -0.2) is 0 Å². The number of hydrogen-bond acceptors (Lipinski definition) is 4. The summed E-state index contributed by atoms with van der Waals surface area (Å²) in [5.74, 6) is 0.553. The van der Waals surface area contributed by atoms with Crippen molar-refractivity contribution in [1.82, 2.24) is 15.4 Å². The average Bonchev–Trinajstić information content (AvgIpc) is 2.94. The lowest BCUT2D eigenvalue weighted by molar-refractivity contribution is -0.142. The molecule has 2 heterocycles. The molecule has 1 fully saturated rings. The van der Waals surface area contributed by atoms with Gasteiger partial charge in [0.05, 0.1) is 5.69 Å². The number of benzene rings is 1. The number of piperidine rings is 1. The van der Waals surface area contributed by atoms with E-state index in [0.717, 1.165) is 29.7 Å². The predicted octanol–water partition coefficient (Wildman–Crippen LogP) is 2.66. The fraction of sp³-hybridized carbons (Fsp3) is 0.421. The first-order chi connectivity index (χ1) is 12.1. The van der Waals surface area contributed by atoms with Gasteiger partial charge in [0.2, 0.25) is 11.8 Å². The molecule has 2 aromatic rings. The molecule has 1 unspecified atom stereocenters. The molecule has 6 heteroatoms. The molecule has 2 amide bonds. The summed E-state index contributed by atoms with van der Waals surface area (Å²) < 4.78 is 5.14. The Bertz CT molecular complexity index is 735. The van der Waals surface area contributed by atoms with Crippen molar-refractivity contribution in [3.05, 3.63) is 52.9 Å². The molecule has 1 atom stereocenters. The van der Waals surface area contributed by atoms with Crippen LogP contribution in [0.25, 0.3) is 0 Å². The highest BCUT2D eigenvalue weighted by atomic mass is 16.5. The number of likely N-dealkylation sites (tertiary alicyclic amines) is 1. The van der Waals surface area contributed by atoms with Crippen LogP contribution in [0.5, 0.6) is 0 Å². The van der Waals surface area contributed by atoms with Crippen molar-refractivity contribution < 1.29 is 14.1 Å². The molecule has 132 valence electrons. The van der Waals surface area contributed by atoms with Crippen LogP contribution in [0, 0.1) is 13.8 Å². The van der Waals surface area contributed by atoms with E-state index in [1.165, 1.54) is 0 Å². The molecule has 3 rings (SSSR count). The van der Waals surface area contributed by atoms with E-state index in [-0.39, 0.29) is 11.8 Å². The molecule has 1 saturated heterocycles. The van der Waals surface area contributed by atoms with E-state index in [2.05, 4.69) is 10.5 Å². The normalized spacial score (nSPS) is 15.9. The van der Waals surface area contributed by atoms with Gasteiger partial charge in [-0.3, -0.25) is 9.59 Å². The van der Waals surface area contributed by atoms with Crippen LogP contribution in [-0.4, -0.2) is 28.4 Å². The number of aryl methyl sites for hydroxylation is 2. The summed E-state index contributed by atoms with van der Waals surface area (Å²) in [6, 6.07) is 8.86. The van der Waals surface area contributed by atoms with Crippen molar-refractivity contribution in [2.24, 2.45) is 0 Å². The van der Waals surface area contributed by atoms with Crippen molar-refractivity contribution in [1.29, 1.82) is 0 Å². The SMILES string of the molecule is Cc1noc(C)c1CNC(=O)C(c1ccccc1)N1CCCCC1=O. The maximum atomic E-state index is 13.0. The largest absolute Gasteiger partial charge is 0.361 e. The maximum absolute atomic E-state index is 13.0. The number of nitrogens with one attached hydrogen (secondary N) is 1. The van der Waals surface area contributed by atoms with Gasteiger partial charge < -0.3 is 14.7 Å². The minimum atomic E-state index is -0.602. The minimum absolute atomic E-state index is 0.0348. The first-order valence-corrected chi connectivity index (χ1v) is 8.62. The summed E-state index contributed by atoms with van der Waals surface area (Å²) in [6.45, 7) is 4.62. The van der Waals surface area contributed by atoms with E-state index in [9.17, 15) is 9.59 Å². The summed E-state index contributed by atoms with van der Waals surface area (Å²) in [6.07, 6.45) is 2.31. The highest BCUT2D eigenvalue weighted by molar-refractivity contribution is 5.89. The van der Waals surface area contributed by atoms with E-state index in [1.807, 2.05) is 44.2 Å². The third kappa shape index (κ3) is 3.73. The molecule has 1 aliphatic heterocycles. The number of carbonyl (C=O) groups is 2. The Hall–Kier alpha value is -2.63. The minimum Gasteiger partial charge on any atom is -0.361 e. The number of nitrogens with zero attached hydrogens (tertiary/aromatic N) is 2. The predicted molar refractivity (Wildman–Crippen MR) is 92.6 cm³/mol. The van der Waals surface area contributed by atoms with E-state index in [4.69, 9.17) is 4.52 Å². The second-order valence-electron chi connectivity index (χ2n) is 6.38. The average molecular weight is 341 g/mol. The third-order valence-electron chi connectivity index (χ3n) is 4.66. The van der Waals surface area contributed by atoms with E-state index >= 15 is 0 Å². The van der Waals surface area contributed by atoms with Gasteiger partial charge in [-0.05, 0) is 32.3 Å². The molecule has 0 radical (unpaired) electrons. The zero-order chi connectivity index (χ0) is 17.8. The fourth-order valence-electron chi connectivity index (χ4n) is 3.23. The molecule has 25 heavy (non-hydrogen) atoms. The van der Waals surface area contributed by atoms with Crippen LogP contribution in [0.3, 0.4) is 0 Å². The lowest BCUT2D eigenvalue weighted by Crippen LogP contribution is -2.45. The maximum Gasteiger partial charge on any atom is 0.247 e. The Morgan fingerprint density at radius 2 is 2.04 bits per heavy atom. The summed E-state index contributed by atoms with van der Waals surface area (Å²) in [7, 11) is 0. The van der Waals surface area contributed by atoms with Gasteiger partial charge in [0.1, 0.15) is 11.8 Å². The molecular weight excluding hydrogens is 318 g/mol. The van der Waals surface area contributed by atoms with Gasteiger partial charge in [0.15, 0.2) is 0 Å². The van der Waals surface area contributed by atoms with Crippen molar-refractivity contribution in [3.8, 4) is 0 Å². The summed E-state index contributed by atoms with van der Waals surface area (Å²) in [5, 5.41) is 6.86. The molecule has 1 N–H and O–H groups in total. The number of carbonyl (C=O) groups excluding carboxylic acids is 2. The van der Waals surface area contributed by atoms with Gasteiger partial charge in [-0.2, -0.15) is 0 Å². The summed E-state index contributed by atoms with van der Waals surface area (Å²) in [4.78, 5) is 27.0. The molecule has 1 aromatic carbocycles. The topological polar surface area (TPSA) is 75.4 Å². The zero-order valence-electron chi connectivity index (χ0n) is 14.6. The third-order valence-corrected chi connectivity index (χ3v) is 4.66. The Balaban J connectivity index is 1.81. The summed E-state index contributed by atoms with van der Waals surface area (Å²) >= 11 is 0. The lowest BCUT2D eigenvalue weighted by atomic mass is 10.0. The standard InChI is InChI=1S/C19H23N3O3/c1-13-16(14(2)25-21-13)12-20-19(24)18(15-8-4-3-5-9-15)22-11-7-6-10-17(22)23/h3-5,8-9,18H,6-7,10-12H2,1-2H3,(H,20,24). The van der Waals surface area contributed by atoms with Crippen molar-refractivity contribution in [3.63, 3.8) is 0 Å². The first-order valence-electron chi connectivity index (χ1n) is 8.62. The highest BCUT2D eigenvalue weighted by Gasteiger charge is 2.32. The molecule has 6 nitrogen and oxygen atoms in total. The van der Waals surface area contributed by atoms with Crippen molar-refractivity contribution in [2.75, 3.05) is 6.54 Å². The molecule has 1 aliphatic rings. The Labute approximate surface area is 147 Å². The quantitative estimate of drug-likeness (QED) is 0.907. The van der Waals surface area contributed by atoms with Gasteiger partial charge in [-0.15, -0.1) is 0 Å². The molecule has 0 spiro atoms. The fourth-order valence-corrected chi connectivity index (χ4v) is 3.23. The van der Waals surface area contributed by atoms with Crippen LogP contribution in [-0.2, 0) is 16.1 Å². The zero-order valence-corrected chi connectivity index (χ0v) is 14.6. The van der Waals surface area contributed by atoms with Gasteiger partial charge in [0, 0.05) is 25.1 Å². The van der Waals surface area contributed by atoms with Crippen LogP contribution in [0.2, 0.25) is 0 Å². The van der Waals surface area contributed by atoms with Gasteiger partial charge in [0.25, 0.3) is 0 Å². The van der Waals surface area contributed by atoms with Gasteiger partial charge >= 0.3 is 0 Å². The van der Waals surface area contributed by atoms with Crippen LogP contribution < -0.4 is 5.32 Å². The first kappa shape index (κ1) is 17.2. The number of amides is 2. The Morgan fingerprint density at radius 1 is 1.28 bits per heavy atom.